The largest absolute Gasteiger partial charge is 0.497 e. The third-order valence-electron chi connectivity index (χ3n) is 3.83. The molecule has 0 unspecified atom stereocenters. The number of hydrogen-bond donors (Lipinski definition) is 0. The van der Waals surface area contributed by atoms with Crippen LogP contribution in [0.2, 0.25) is 0 Å². The summed E-state index contributed by atoms with van der Waals surface area (Å²) in [7, 11) is 3.33. The van der Waals surface area contributed by atoms with Crippen LogP contribution >= 0.6 is 0 Å². The highest BCUT2D eigenvalue weighted by atomic mass is 16.5. The van der Waals surface area contributed by atoms with Crippen molar-refractivity contribution in [3.05, 3.63) is 54.6 Å². The van der Waals surface area contributed by atoms with Crippen LogP contribution in [0.15, 0.2) is 54.6 Å². The van der Waals surface area contributed by atoms with Crippen molar-refractivity contribution in [2.24, 2.45) is 0 Å². The monoisotopic (exact) mass is 326 g/mol. The number of carbonyl (C=O) groups excluding carboxylic acids is 2. The van der Waals surface area contributed by atoms with Crippen LogP contribution in [0.5, 0.6) is 5.75 Å². The smallest absolute Gasteiger partial charge is 0.228 e. The van der Waals surface area contributed by atoms with E-state index in [0.717, 1.165) is 17.1 Å². The highest BCUT2D eigenvalue weighted by molar-refractivity contribution is 5.95. The number of carbonyl (C=O) groups is 2. The lowest BCUT2D eigenvalue weighted by molar-refractivity contribution is -0.118. The summed E-state index contributed by atoms with van der Waals surface area (Å²) in [6.07, 6.45) is 0.247. The fraction of sp³-hybridized carbons (Fsp3) is 0.263. The van der Waals surface area contributed by atoms with Crippen LogP contribution in [0.4, 0.5) is 11.4 Å². The predicted octanol–water partition coefficient (Wildman–Crippen LogP) is 3.10. The second-order valence-corrected chi connectivity index (χ2v) is 5.41. The molecule has 0 N–H and O–H groups in total. The maximum Gasteiger partial charge on any atom is 0.228 e. The van der Waals surface area contributed by atoms with Crippen molar-refractivity contribution in [2.45, 2.75) is 13.3 Å². The number of hydrogen-bond acceptors (Lipinski definition) is 3. The van der Waals surface area contributed by atoms with Crippen molar-refractivity contribution < 1.29 is 14.3 Å². The van der Waals surface area contributed by atoms with Gasteiger partial charge in [0.05, 0.1) is 7.11 Å². The van der Waals surface area contributed by atoms with Gasteiger partial charge in [-0.2, -0.15) is 0 Å². The van der Waals surface area contributed by atoms with Gasteiger partial charge in [0.2, 0.25) is 11.8 Å². The van der Waals surface area contributed by atoms with Gasteiger partial charge in [-0.05, 0) is 36.4 Å². The van der Waals surface area contributed by atoms with Gasteiger partial charge in [-0.1, -0.05) is 18.2 Å². The number of nitrogens with zero attached hydrogens (tertiary/aromatic N) is 2. The van der Waals surface area contributed by atoms with Crippen LogP contribution in [0.1, 0.15) is 13.3 Å². The zero-order valence-corrected chi connectivity index (χ0v) is 14.2. The molecule has 0 radical (unpaired) electrons. The molecule has 0 aromatic heterocycles. The first kappa shape index (κ1) is 17.5. The maximum atomic E-state index is 12.4. The van der Waals surface area contributed by atoms with E-state index >= 15 is 0 Å². The molecule has 0 saturated carbocycles. The van der Waals surface area contributed by atoms with E-state index in [1.165, 1.54) is 6.92 Å². The van der Waals surface area contributed by atoms with E-state index in [1.807, 2.05) is 42.5 Å². The lowest BCUT2D eigenvalue weighted by atomic mass is 10.2. The van der Waals surface area contributed by atoms with Crippen LogP contribution in [0.3, 0.4) is 0 Å². The molecule has 0 aliphatic carbocycles. The molecule has 0 bridgehead atoms. The zero-order chi connectivity index (χ0) is 17.5. The number of para-hydroxylation sites is 1. The van der Waals surface area contributed by atoms with Gasteiger partial charge in [0, 0.05) is 38.3 Å². The number of benzene rings is 2. The maximum absolute atomic E-state index is 12.4. The van der Waals surface area contributed by atoms with Gasteiger partial charge in [-0.25, -0.2) is 0 Å². The summed E-state index contributed by atoms with van der Waals surface area (Å²) in [5, 5.41) is 0. The molecule has 126 valence electrons. The lowest BCUT2D eigenvalue weighted by Crippen LogP contribution is -2.34. The van der Waals surface area contributed by atoms with Crippen molar-refractivity contribution >= 4 is 23.2 Å². The van der Waals surface area contributed by atoms with Gasteiger partial charge >= 0.3 is 0 Å². The summed E-state index contributed by atoms with van der Waals surface area (Å²) in [6.45, 7) is 1.83. The van der Waals surface area contributed by atoms with E-state index < -0.39 is 0 Å². The SMILES string of the molecule is COc1ccc(N(CCC(=O)N(C)c2ccccc2)C(C)=O)cc1. The van der Waals surface area contributed by atoms with E-state index in [-0.39, 0.29) is 18.2 Å². The van der Waals surface area contributed by atoms with E-state index in [0.29, 0.717) is 6.54 Å². The lowest BCUT2D eigenvalue weighted by Gasteiger charge is -2.23. The Hall–Kier alpha value is -2.82. The van der Waals surface area contributed by atoms with Gasteiger partial charge < -0.3 is 14.5 Å². The topological polar surface area (TPSA) is 49.9 Å². The summed E-state index contributed by atoms with van der Waals surface area (Å²) in [6, 6.07) is 16.7. The van der Waals surface area contributed by atoms with E-state index in [9.17, 15) is 9.59 Å². The molecule has 0 aliphatic rings. The Bertz CT molecular complexity index is 684. The second kappa shape index (κ2) is 8.15. The number of ether oxygens (including phenoxy) is 1. The standard InChI is InChI=1S/C19H22N2O3/c1-15(22)21(17-9-11-18(24-3)12-10-17)14-13-19(23)20(2)16-7-5-4-6-8-16/h4-12H,13-14H2,1-3H3. The molecule has 0 heterocycles. The number of anilines is 2. The first-order valence-electron chi connectivity index (χ1n) is 7.76. The molecule has 2 aromatic carbocycles. The van der Waals surface area contributed by atoms with Crippen molar-refractivity contribution in [3.8, 4) is 5.75 Å². The molecule has 0 aliphatic heterocycles. The molecule has 24 heavy (non-hydrogen) atoms. The quantitative estimate of drug-likeness (QED) is 0.819. The summed E-state index contributed by atoms with van der Waals surface area (Å²) < 4.78 is 5.12. The molecule has 5 nitrogen and oxygen atoms in total. The number of amides is 2. The molecule has 0 atom stereocenters. The fourth-order valence-electron chi connectivity index (χ4n) is 2.40. The van der Waals surface area contributed by atoms with Crippen LogP contribution < -0.4 is 14.5 Å². The van der Waals surface area contributed by atoms with Crippen molar-refractivity contribution in [1.29, 1.82) is 0 Å². The Morgan fingerprint density at radius 1 is 0.958 bits per heavy atom. The molecular formula is C19H22N2O3. The van der Waals surface area contributed by atoms with Gasteiger partial charge in [0.25, 0.3) is 0 Å². The molecule has 5 heteroatoms. The number of rotatable bonds is 6. The minimum atomic E-state index is -0.102. The van der Waals surface area contributed by atoms with Gasteiger partial charge in [0.1, 0.15) is 5.75 Å². The average Bonchev–Trinajstić information content (AvgIpc) is 2.62. The third-order valence-corrected chi connectivity index (χ3v) is 3.83. The van der Waals surface area contributed by atoms with Crippen LogP contribution in [0.25, 0.3) is 0 Å². The Balaban J connectivity index is 2.03. The molecular weight excluding hydrogens is 304 g/mol. The van der Waals surface area contributed by atoms with E-state index in [4.69, 9.17) is 4.74 Å². The van der Waals surface area contributed by atoms with Crippen molar-refractivity contribution in [3.63, 3.8) is 0 Å². The van der Waals surface area contributed by atoms with Gasteiger partial charge in [0.15, 0.2) is 0 Å². The van der Waals surface area contributed by atoms with Crippen LogP contribution in [-0.4, -0.2) is 32.5 Å². The van der Waals surface area contributed by atoms with Crippen LogP contribution in [-0.2, 0) is 9.59 Å². The first-order chi connectivity index (χ1) is 11.5. The molecule has 2 amide bonds. The summed E-state index contributed by atoms with van der Waals surface area (Å²) in [5.74, 6) is 0.582. The Labute approximate surface area is 142 Å². The summed E-state index contributed by atoms with van der Waals surface area (Å²) in [5.41, 5.74) is 1.58. The highest BCUT2D eigenvalue weighted by Crippen LogP contribution is 2.20. The van der Waals surface area contributed by atoms with E-state index in [1.54, 1.807) is 36.1 Å². The minimum Gasteiger partial charge on any atom is -0.497 e. The predicted molar refractivity (Wildman–Crippen MR) is 95.5 cm³/mol. The molecule has 0 spiro atoms. The summed E-state index contributed by atoms with van der Waals surface area (Å²) >= 11 is 0. The normalized spacial score (nSPS) is 10.1. The zero-order valence-electron chi connectivity index (χ0n) is 14.2. The summed E-state index contributed by atoms with van der Waals surface area (Å²) in [4.78, 5) is 27.5. The van der Waals surface area contributed by atoms with Gasteiger partial charge in [-0.3, -0.25) is 9.59 Å². The Morgan fingerprint density at radius 3 is 2.12 bits per heavy atom. The van der Waals surface area contributed by atoms with Gasteiger partial charge in [-0.15, -0.1) is 0 Å². The van der Waals surface area contributed by atoms with Crippen molar-refractivity contribution in [1.82, 2.24) is 0 Å². The van der Waals surface area contributed by atoms with Crippen LogP contribution in [0, 0.1) is 0 Å². The second-order valence-electron chi connectivity index (χ2n) is 5.41. The molecule has 2 aromatic rings. The third kappa shape index (κ3) is 4.35. The Morgan fingerprint density at radius 2 is 1.58 bits per heavy atom. The first-order valence-corrected chi connectivity index (χ1v) is 7.76. The molecule has 2 rings (SSSR count). The van der Waals surface area contributed by atoms with E-state index in [2.05, 4.69) is 0 Å². The van der Waals surface area contributed by atoms with Crippen molar-refractivity contribution in [2.75, 3.05) is 30.5 Å². The average molecular weight is 326 g/mol. The Kier molecular flexibility index (Phi) is 5.95. The minimum absolute atomic E-state index is 0.0408. The molecule has 0 saturated heterocycles. The molecule has 0 fully saturated rings. The number of methoxy groups -OCH3 is 1. The fourth-order valence-corrected chi connectivity index (χ4v) is 2.40. The highest BCUT2D eigenvalue weighted by Gasteiger charge is 2.16.